The van der Waals surface area contributed by atoms with Crippen molar-refractivity contribution in [3.8, 4) is 5.75 Å². The van der Waals surface area contributed by atoms with Gasteiger partial charge in [-0.1, -0.05) is 51.9 Å². The van der Waals surface area contributed by atoms with Gasteiger partial charge in [0.1, 0.15) is 41.9 Å². The molecule has 4 aromatic rings. The first-order valence-electron chi connectivity index (χ1n) is 25.4. The monoisotopic (exact) mass is 1110 g/mol. The van der Waals surface area contributed by atoms with E-state index in [1.54, 1.807) is 47.4 Å². The first-order chi connectivity index (χ1) is 37.4. The predicted octanol–water partition coefficient (Wildman–Crippen LogP) is 1.65. The highest BCUT2D eigenvalue weighted by atomic mass is 33.1. The van der Waals surface area contributed by atoms with Gasteiger partial charge in [-0.3, -0.25) is 48.1 Å². The number of carbonyl (C=O) groups excluding carboxylic acids is 8. The van der Waals surface area contributed by atoms with E-state index in [2.05, 4.69) is 41.9 Å². The van der Waals surface area contributed by atoms with Crippen molar-refractivity contribution in [2.45, 2.75) is 94.5 Å². The number of ether oxygens (including phenoxy) is 1. The molecule has 0 aliphatic carbocycles. The molecule has 7 amide bonds. The topological polar surface area (TPSA) is 342 Å². The summed E-state index contributed by atoms with van der Waals surface area (Å²) >= 11 is 0. The number of esters is 1. The molecule has 23 nitrogen and oxygen atoms in total. The van der Waals surface area contributed by atoms with Gasteiger partial charge in [-0.05, 0) is 86.1 Å². The number of anilines is 1. The fourth-order valence-electron chi connectivity index (χ4n) is 9.39. The minimum absolute atomic E-state index is 0.0209. The normalized spacial score (nSPS) is 19.8. The minimum Gasteiger partial charge on any atom is -0.481 e. The first kappa shape index (κ1) is 57.8. The number of carboxylic acids is 1. The van der Waals surface area contributed by atoms with Gasteiger partial charge in [-0.15, -0.1) is 0 Å². The van der Waals surface area contributed by atoms with Crippen molar-refractivity contribution in [1.82, 2.24) is 41.8 Å². The molecular weight excluding hydrogens is 1050 g/mol. The molecule has 3 aliphatic heterocycles. The first-order valence-corrected chi connectivity index (χ1v) is 27.9. The lowest BCUT2D eigenvalue weighted by Crippen LogP contribution is -2.58. The number of nitrogens with two attached hydrogens (primary N) is 2. The third kappa shape index (κ3) is 15.6. The van der Waals surface area contributed by atoms with Crippen LogP contribution >= 0.6 is 21.6 Å². The van der Waals surface area contributed by atoms with Gasteiger partial charge in [-0.25, -0.2) is 4.39 Å². The van der Waals surface area contributed by atoms with Gasteiger partial charge in [0.25, 0.3) is 5.91 Å². The third-order valence-electron chi connectivity index (χ3n) is 13.2. The molecule has 26 heteroatoms. The maximum atomic E-state index is 14.1. The number of aromatic amines is 1. The number of unbranched alkanes of at least 4 members (excludes halogenated alkanes) is 1. The zero-order valence-corrected chi connectivity index (χ0v) is 44.4. The van der Waals surface area contributed by atoms with Crippen LogP contribution in [0.5, 0.6) is 5.75 Å². The number of hydrogen-bond donors (Lipinski definition) is 10. The lowest BCUT2D eigenvalue weighted by Gasteiger charge is -2.46. The van der Waals surface area contributed by atoms with E-state index in [0.29, 0.717) is 59.9 Å². The summed E-state index contributed by atoms with van der Waals surface area (Å²) in [5, 5.41) is 25.9. The summed E-state index contributed by atoms with van der Waals surface area (Å²) in [6, 6.07) is 12.8. The maximum absolute atomic E-state index is 14.1. The van der Waals surface area contributed by atoms with Crippen molar-refractivity contribution in [3.05, 3.63) is 94.9 Å². The van der Waals surface area contributed by atoms with Crippen LogP contribution in [0.2, 0.25) is 0 Å². The van der Waals surface area contributed by atoms with E-state index in [0.717, 1.165) is 22.2 Å². The molecule has 1 unspecified atom stereocenters. The molecule has 1 saturated heterocycles. The largest absolute Gasteiger partial charge is 0.481 e. The van der Waals surface area contributed by atoms with Gasteiger partial charge in [0.05, 0.1) is 36.3 Å². The number of nitrogens with zero attached hydrogens (tertiary/aromatic N) is 3. The van der Waals surface area contributed by atoms with Gasteiger partial charge in [-0.2, -0.15) is 0 Å². The molecule has 7 rings (SSSR count). The van der Waals surface area contributed by atoms with Gasteiger partial charge in [0.15, 0.2) is 5.96 Å². The Labute approximate surface area is 456 Å². The standard InChI is InChI=1S/C52H63FN12O11S2/c1-64-40-15-12-30(53)25-34(40)51(75)65-21-16-32-33-26-31(13-14-35(33)60-45(32)50(64)65)76-44(70)18-23-78-77-22-17-41(66)56-19-6-5-10-37-47(72)61-36(11-7-20-57-52(54)55)46(71)58-28-42(67)59-39(27-43(68)69)49(74)63-38(48(73)62-37)24-29-8-3-2-4-9-29/h2-4,8-9,12-15,25-26,36-39,50,60H,5-7,10-11,16-24,27-28H2,1H3,(H,56,66)(H,58,71)(H,59,67)(H,61,72)(H,62,73)(H,63,74)(H,68,69)(H4,54,55,57)/t36-,37-,38-,39-,50?/m0/s1. The number of amides is 7. The van der Waals surface area contributed by atoms with E-state index < -0.39 is 90.6 Å². The van der Waals surface area contributed by atoms with E-state index in [1.807, 2.05) is 24.1 Å². The lowest BCUT2D eigenvalue weighted by molar-refractivity contribution is -0.141. The van der Waals surface area contributed by atoms with Gasteiger partial charge in [0.2, 0.25) is 35.4 Å². The Bertz CT molecular complexity index is 2920. The number of benzene rings is 3. The number of aliphatic imine (C=N–C) groups is 1. The van der Waals surface area contributed by atoms with Gasteiger partial charge >= 0.3 is 11.9 Å². The molecule has 4 heterocycles. The van der Waals surface area contributed by atoms with Crippen LogP contribution in [0.15, 0.2) is 71.7 Å². The van der Waals surface area contributed by atoms with Crippen LogP contribution in [0.4, 0.5) is 10.1 Å². The van der Waals surface area contributed by atoms with Crippen molar-refractivity contribution in [3.63, 3.8) is 0 Å². The molecule has 1 aromatic heterocycles. The Kier molecular flexibility index (Phi) is 20.3. The number of halogens is 1. The van der Waals surface area contributed by atoms with E-state index in [9.17, 15) is 52.6 Å². The highest BCUT2D eigenvalue weighted by Gasteiger charge is 2.42. The van der Waals surface area contributed by atoms with Crippen molar-refractivity contribution in [2.24, 2.45) is 16.5 Å². The van der Waals surface area contributed by atoms with Gasteiger partial charge in [0, 0.05) is 61.9 Å². The number of rotatable bonds is 21. The molecule has 1 fully saturated rings. The average Bonchev–Trinajstić information content (AvgIpc) is 4.01. The zero-order valence-electron chi connectivity index (χ0n) is 42.8. The second-order valence-electron chi connectivity index (χ2n) is 18.8. The SMILES string of the molecule is CN1c2ccc(F)cc2C(=O)N2CCc3c([nH]c4ccc(OC(=O)CCSSCCC(=O)NCCCC[C@@H]5NC(=O)[C@H](Cc6ccccc6)NC(=O)[C@H](CC(=O)O)NC(=O)CNC(=O)[C@H](CCCN=C(N)N)NC5=O)cc34)C21. The summed E-state index contributed by atoms with van der Waals surface area (Å²) in [6.45, 7) is 0.117. The van der Waals surface area contributed by atoms with Crippen molar-refractivity contribution < 1.29 is 57.4 Å². The summed E-state index contributed by atoms with van der Waals surface area (Å²) in [5.41, 5.74) is 15.2. The number of aromatic nitrogens is 1. The lowest BCUT2D eigenvalue weighted by atomic mass is 9.96. The van der Waals surface area contributed by atoms with Crippen LogP contribution in [0.3, 0.4) is 0 Å². The van der Waals surface area contributed by atoms with Crippen LogP contribution in [-0.4, -0.2) is 143 Å². The van der Waals surface area contributed by atoms with Crippen molar-refractivity contribution in [2.75, 3.05) is 49.6 Å². The molecular formula is C52H63FN12O11S2. The zero-order chi connectivity index (χ0) is 55.9. The van der Waals surface area contributed by atoms with E-state index in [4.69, 9.17) is 16.2 Å². The molecule has 0 radical (unpaired) electrons. The molecule has 0 bridgehead atoms. The summed E-state index contributed by atoms with van der Waals surface area (Å²) in [5.74, 6) is -5.81. The molecule has 0 saturated carbocycles. The predicted molar refractivity (Wildman–Crippen MR) is 290 cm³/mol. The van der Waals surface area contributed by atoms with Crippen LogP contribution in [0.1, 0.15) is 84.7 Å². The second-order valence-corrected chi connectivity index (χ2v) is 21.5. The number of hydrogen-bond acceptors (Lipinski definition) is 14. The quantitative estimate of drug-likeness (QED) is 0.0142. The summed E-state index contributed by atoms with van der Waals surface area (Å²) in [6.07, 6.45) is 0.564. The van der Waals surface area contributed by atoms with Crippen LogP contribution in [0.25, 0.3) is 10.9 Å². The Morgan fingerprint density at radius 3 is 2.26 bits per heavy atom. The minimum atomic E-state index is -1.62. The highest BCUT2D eigenvalue weighted by Crippen LogP contribution is 2.43. The number of fused-ring (bicyclic) bond motifs is 6. The van der Waals surface area contributed by atoms with Crippen LogP contribution in [0, 0.1) is 5.82 Å². The number of carboxylic acid groups (broad SMARTS) is 1. The van der Waals surface area contributed by atoms with Crippen molar-refractivity contribution >= 4 is 97.4 Å². The molecule has 3 aromatic carbocycles. The highest BCUT2D eigenvalue weighted by molar-refractivity contribution is 8.76. The number of carbonyl (C=O) groups is 9. The van der Waals surface area contributed by atoms with E-state index in [-0.39, 0.29) is 69.4 Å². The summed E-state index contributed by atoms with van der Waals surface area (Å²) in [4.78, 5) is 130. The van der Waals surface area contributed by atoms with Crippen LogP contribution < -0.4 is 53.0 Å². The Morgan fingerprint density at radius 1 is 0.821 bits per heavy atom. The second kappa shape index (κ2) is 27.4. The third-order valence-corrected chi connectivity index (χ3v) is 15.6. The molecule has 5 atom stereocenters. The maximum Gasteiger partial charge on any atom is 0.312 e. The van der Waals surface area contributed by atoms with E-state index in [1.165, 1.54) is 33.7 Å². The fourth-order valence-corrected chi connectivity index (χ4v) is 11.3. The summed E-state index contributed by atoms with van der Waals surface area (Å²) < 4.78 is 19.8. The Balaban J connectivity index is 0.875. The Morgan fingerprint density at radius 2 is 1.51 bits per heavy atom. The molecule has 416 valence electrons. The average molecular weight is 1120 g/mol. The number of H-pyrrole nitrogens is 1. The molecule has 0 spiro atoms. The number of guanidine groups is 1. The molecule has 12 N–H and O–H groups in total. The van der Waals surface area contributed by atoms with Crippen LogP contribution in [-0.2, 0) is 51.2 Å². The van der Waals surface area contributed by atoms with Gasteiger partial charge < -0.3 is 68.0 Å². The fraction of sp³-hybridized carbons (Fsp3) is 0.423. The van der Waals surface area contributed by atoms with E-state index >= 15 is 0 Å². The molecule has 78 heavy (non-hydrogen) atoms. The van der Waals surface area contributed by atoms with Crippen molar-refractivity contribution in [1.29, 1.82) is 0 Å². The number of nitrogens with one attached hydrogen (secondary N) is 7. The Hall–Kier alpha value is -7.87. The smallest absolute Gasteiger partial charge is 0.312 e. The molecule has 3 aliphatic rings. The number of aliphatic carboxylic acids is 1. The summed E-state index contributed by atoms with van der Waals surface area (Å²) in [7, 11) is 4.73.